The van der Waals surface area contributed by atoms with Crippen LogP contribution in [0.1, 0.15) is 12.5 Å². The predicted octanol–water partition coefficient (Wildman–Crippen LogP) is 1.50. The van der Waals surface area contributed by atoms with Gasteiger partial charge in [-0.2, -0.15) is 5.10 Å². The number of nitro groups is 1. The van der Waals surface area contributed by atoms with Gasteiger partial charge in [0.1, 0.15) is 5.92 Å². The molecule has 2 aliphatic rings. The molecule has 10 nitrogen and oxygen atoms in total. The quantitative estimate of drug-likeness (QED) is 0.343. The molecule has 2 amide bonds. The highest BCUT2D eigenvalue weighted by atomic mass is 16.6. The third kappa shape index (κ3) is 2.65. The number of nitro benzene ring substituents is 1. The monoisotopic (exact) mass is 408 g/mol. The Morgan fingerprint density at radius 3 is 2.63 bits per heavy atom. The zero-order valence-electron chi connectivity index (χ0n) is 15.8. The number of esters is 1. The maximum Gasteiger partial charge on any atom is 0.355 e. The minimum Gasteiger partial charge on any atom is -0.461 e. The van der Waals surface area contributed by atoms with Crippen molar-refractivity contribution in [3.8, 4) is 0 Å². The van der Waals surface area contributed by atoms with E-state index in [4.69, 9.17) is 4.74 Å². The average molecular weight is 408 g/mol. The third-order valence-electron chi connectivity index (χ3n) is 5.08. The number of anilines is 1. The summed E-state index contributed by atoms with van der Waals surface area (Å²) in [5.41, 5.74) is 0.808. The number of hydrogen-bond donors (Lipinski definition) is 1. The van der Waals surface area contributed by atoms with Gasteiger partial charge in [0.15, 0.2) is 11.3 Å². The van der Waals surface area contributed by atoms with Crippen molar-refractivity contribution in [1.82, 2.24) is 5.43 Å². The first-order valence-electron chi connectivity index (χ1n) is 9.12. The molecular weight excluding hydrogens is 392 g/mol. The minimum atomic E-state index is -1.79. The summed E-state index contributed by atoms with van der Waals surface area (Å²) >= 11 is 0. The Kier molecular flexibility index (Phi) is 4.53. The lowest BCUT2D eigenvalue weighted by molar-refractivity contribution is -0.385. The van der Waals surface area contributed by atoms with E-state index >= 15 is 0 Å². The van der Waals surface area contributed by atoms with Gasteiger partial charge in [0.25, 0.3) is 11.6 Å². The molecule has 4 rings (SSSR count). The fourth-order valence-corrected chi connectivity index (χ4v) is 3.77. The molecule has 2 aromatic rings. The highest BCUT2D eigenvalue weighted by molar-refractivity contribution is 6.47. The van der Waals surface area contributed by atoms with Gasteiger partial charge in [0.05, 0.1) is 17.2 Å². The maximum absolute atomic E-state index is 13.6. The van der Waals surface area contributed by atoms with Crippen molar-refractivity contribution in [3.05, 3.63) is 70.3 Å². The summed E-state index contributed by atoms with van der Waals surface area (Å²) in [4.78, 5) is 51.0. The number of carbonyl (C=O) groups excluding carboxylic acids is 3. The van der Waals surface area contributed by atoms with Crippen LogP contribution in [0.15, 0.2) is 59.7 Å². The fourth-order valence-electron chi connectivity index (χ4n) is 3.77. The number of fused-ring (bicyclic) bond motifs is 1. The van der Waals surface area contributed by atoms with E-state index in [0.717, 1.165) is 4.90 Å². The SMILES string of the molecule is CCOC(=O)C1=NN[C@]2(c3cccc([N+](=O)[O-])c3)C(=O)N(c3ccccc3)C(=O)[C@@H]12. The number of imide groups is 1. The molecule has 0 radical (unpaired) electrons. The molecule has 0 spiro atoms. The van der Waals surface area contributed by atoms with Crippen LogP contribution in [-0.2, 0) is 24.7 Å². The van der Waals surface area contributed by atoms with Crippen molar-refractivity contribution < 1.29 is 24.0 Å². The molecule has 2 heterocycles. The van der Waals surface area contributed by atoms with Crippen LogP contribution in [0.4, 0.5) is 11.4 Å². The van der Waals surface area contributed by atoms with Crippen LogP contribution in [0.5, 0.6) is 0 Å². The van der Waals surface area contributed by atoms with E-state index in [-0.39, 0.29) is 23.6 Å². The molecule has 30 heavy (non-hydrogen) atoms. The number of hydrogen-bond acceptors (Lipinski definition) is 8. The number of ether oxygens (including phenoxy) is 1. The molecule has 0 saturated carbocycles. The smallest absolute Gasteiger partial charge is 0.355 e. The molecule has 1 fully saturated rings. The van der Waals surface area contributed by atoms with Gasteiger partial charge in [0.2, 0.25) is 5.91 Å². The normalized spacial score (nSPS) is 22.4. The van der Waals surface area contributed by atoms with Gasteiger partial charge in [-0.25, -0.2) is 9.69 Å². The summed E-state index contributed by atoms with van der Waals surface area (Å²) in [6.07, 6.45) is 0. The van der Waals surface area contributed by atoms with Gasteiger partial charge in [0, 0.05) is 12.1 Å². The number of non-ortho nitro benzene ring substituents is 1. The van der Waals surface area contributed by atoms with E-state index in [0.29, 0.717) is 5.69 Å². The molecule has 2 atom stereocenters. The maximum atomic E-state index is 13.6. The topological polar surface area (TPSA) is 131 Å². The predicted molar refractivity (Wildman–Crippen MR) is 104 cm³/mol. The van der Waals surface area contributed by atoms with E-state index < -0.39 is 34.2 Å². The molecule has 10 heteroatoms. The van der Waals surface area contributed by atoms with Crippen LogP contribution in [0.25, 0.3) is 0 Å². The molecule has 0 aliphatic carbocycles. The Hall–Kier alpha value is -4.08. The molecule has 1 saturated heterocycles. The highest BCUT2D eigenvalue weighted by Crippen LogP contribution is 2.45. The second-order valence-electron chi connectivity index (χ2n) is 6.69. The number of hydrazone groups is 1. The number of amides is 2. The van der Waals surface area contributed by atoms with Gasteiger partial charge < -0.3 is 4.74 Å². The summed E-state index contributed by atoms with van der Waals surface area (Å²) in [6, 6.07) is 13.6. The van der Waals surface area contributed by atoms with E-state index in [9.17, 15) is 24.5 Å². The Labute approximate surface area is 170 Å². The average Bonchev–Trinajstić information content (AvgIpc) is 3.25. The van der Waals surface area contributed by atoms with Gasteiger partial charge in [-0.3, -0.25) is 25.1 Å². The number of nitrogens with one attached hydrogen (secondary N) is 1. The van der Waals surface area contributed by atoms with Gasteiger partial charge in [-0.15, -0.1) is 0 Å². The van der Waals surface area contributed by atoms with Crippen LogP contribution in [-0.4, -0.2) is 35.0 Å². The van der Waals surface area contributed by atoms with Gasteiger partial charge in [-0.05, 0) is 24.6 Å². The molecule has 1 N–H and O–H groups in total. The molecule has 0 aromatic heterocycles. The Balaban J connectivity index is 1.89. The summed E-state index contributed by atoms with van der Waals surface area (Å²) in [6.45, 7) is 1.66. The van der Waals surface area contributed by atoms with Crippen LogP contribution < -0.4 is 10.3 Å². The van der Waals surface area contributed by atoms with Gasteiger partial charge in [-0.1, -0.05) is 30.3 Å². The first kappa shape index (κ1) is 19.2. The second-order valence-corrected chi connectivity index (χ2v) is 6.69. The van der Waals surface area contributed by atoms with Crippen LogP contribution in [0, 0.1) is 16.0 Å². The standard InChI is InChI=1S/C20H16N4O6/c1-2-30-18(26)16-15-17(25)23(13-8-4-3-5-9-13)19(27)20(15,22-21-16)12-7-6-10-14(11-12)24(28)29/h3-11,15,22H,2H2,1H3/t15-,20+/m1/s1. The van der Waals surface area contributed by atoms with Crippen molar-refractivity contribution in [2.24, 2.45) is 11.0 Å². The lowest BCUT2D eigenvalue weighted by atomic mass is 9.78. The number of carbonyl (C=O) groups is 3. The van der Waals surface area contributed by atoms with Crippen molar-refractivity contribution in [1.29, 1.82) is 0 Å². The van der Waals surface area contributed by atoms with E-state index in [1.54, 1.807) is 37.3 Å². The summed E-state index contributed by atoms with van der Waals surface area (Å²) < 4.78 is 5.00. The zero-order valence-corrected chi connectivity index (χ0v) is 15.8. The minimum absolute atomic E-state index is 0.0545. The number of benzene rings is 2. The van der Waals surface area contributed by atoms with Crippen LogP contribution >= 0.6 is 0 Å². The molecular formula is C20H16N4O6. The molecule has 0 unspecified atom stereocenters. The number of nitrogens with zero attached hydrogens (tertiary/aromatic N) is 3. The van der Waals surface area contributed by atoms with E-state index in [1.807, 2.05) is 0 Å². The molecule has 2 aromatic carbocycles. The Morgan fingerprint density at radius 2 is 1.97 bits per heavy atom. The fraction of sp³-hybridized carbons (Fsp3) is 0.200. The van der Waals surface area contributed by atoms with Gasteiger partial charge >= 0.3 is 5.97 Å². The number of para-hydroxylation sites is 1. The number of rotatable bonds is 5. The summed E-state index contributed by atoms with van der Waals surface area (Å²) in [5, 5.41) is 15.2. The van der Waals surface area contributed by atoms with E-state index in [1.165, 1.54) is 24.3 Å². The lowest BCUT2D eigenvalue weighted by Crippen LogP contribution is -2.48. The van der Waals surface area contributed by atoms with Crippen molar-refractivity contribution in [2.75, 3.05) is 11.5 Å². The molecule has 152 valence electrons. The Morgan fingerprint density at radius 1 is 1.23 bits per heavy atom. The highest BCUT2D eigenvalue weighted by Gasteiger charge is 2.67. The first-order valence-corrected chi connectivity index (χ1v) is 9.12. The Bertz CT molecular complexity index is 1100. The molecule has 0 bridgehead atoms. The second kappa shape index (κ2) is 7.07. The molecule has 2 aliphatic heterocycles. The largest absolute Gasteiger partial charge is 0.461 e. The lowest BCUT2D eigenvalue weighted by Gasteiger charge is -2.26. The first-order chi connectivity index (χ1) is 14.4. The van der Waals surface area contributed by atoms with Crippen molar-refractivity contribution >= 4 is 34.9 Å². The van der Waals surface area contributed by atoms with Crippen LogP contribution in [0.3, 0.4) is 0 Å². The van der Waals surface area contributed by atoms with Crippen molar-refractivity contribution in [3.63, 3.8) is 0 Å². The van der Waals surface area contributed by atoms with E-state index in [2.05, 4.69) is 10.5 Å². The summed E-state index contributed by atoms with van der Waals surface area (Å²) in [7, 11) is 0. The third-order valence-corrected chi connectivity index (χ3v) is 5.08. The zero-order chi connectivity index (χ0) is 21.5. The van der Waals surface area contributed by atoms with Crippen molar-refractivity contribution in [2.45, 2.75) is 12.5 Å². The summed E-state index contributed by atoms with van der Waals surface area (Å²) in [5.74, 6) is -3.52. The van der Waals surface area contributed by atoms with Crippen LogP contribution in [0.2, 0.25) is 0 Å².